The van der Waals surface area contributed by atoms with Crippen LogP contribution in [0.2, 0.25) is 5.82 Å². The molecule has 3 heteroatoms. The van der Waals surface area contributed by atoms with Crippen molar-refractivity contribution in [3.8, 4) is 0 Å². The first kappa shape index (κ1) is 32.5. The van der Waals surface area contributed by atoms with Crippen molar-refractivity contribution in [2.75, 3.05) is 5.75 Å². The third kappa shape index (κ3) is 8.04. The summed E-state index contributed by atoms with van der Waals surface area (Å²) in [7, 11) is 0.0608. The third-order valence-electron chi connectivity index (χ3n) is 8.32. The second kappa shape index (κ2) is 14.2. The molecule has 4 rings (SSSR count). The van der Waals surface area contributed by atoms with E-state index < -0.39 is 6.15 Å². The highest BCUT2D eigenvalue weighted by molar-refractivity contribution is 8.00. The molecule has 4 aromatic carbocycles. The summed E-state index contributed by atoms with van der Waals surface area (Å²) >= 11 is 0. The number of hydrogen-bond acceptors (Lipinski definition) is 1. The summed E-state index contributed by atoms with van der Waals surface area (Å²) in [5, 5.41) is 0. The van der Waals surface area contributed by atoms with E-state index in [4.69, 9.17) is 0 Å². The van der Waals surface area contributed by atoms with Crippen LogP contribution in [0.15, 0.2) is 121 Å². The fraction of sp³-hybridized carbons (Fsp3) is 0.342. The Morgan fingerprint density at radius 1 is 0.610 bits per heavy atom. The first-order chi connectivity index (χ1) is 19.4. The molecular formula is C38H49BOS. The van der Waals surface area contributed by atoms with E-state index >= 15 is 0 Å². The summed E-state index contributed by atoms with van der Waals surface area (Å²) in [5.74, 6) is 1.47. The number of carbonyl (C=O) groups is 1. The molecule has 0 amide bonds. The van der Waals surface area contributed by atoms with Crippen LogP contribution in [0.5, 0.6) is 0 Å². The first-order valence-corrected chi connectivity index (χ1v) is 16.4. The van der Waals surface area contributed by atoms with Gasteiger partial charge in [0.15, 0.2) is 5.75 Å². The van der Waals surface area contributed by atoms with Crippen LogP contribution in [0.3, 0.4) is 0 Å². The Morgan fingerprint density at radius 2 is 0.927 bits per heavy atom. The molecule has 1 unspecified atom stereocenters. The van der Waals surface area contributed by atoms with Crippen molar-refractivity contribution in [2.45, 2.75) is 77.1 Å². The van der Waals surface area contributed by atoms with Crippen molar-refractivity contribution in [3.05, 3.63) is 127 Å². The molecule has 0 saturated carbocycles. The van der Waals surface area contributed by atoms with Crippen LogP contribution in [0.4, 0.5) is 0 Å². The van der Waals surface area contributed by atoms with Crippen molar-refractivity contribution in [3.63, 3.8) is 0 Å². The van der Waals surface area contributed by atoms with E-state index in [0.29, 0.717) is 11.6 Å². The lowest BCUT2D eigenvalue weighted by Gasteiger charge is -2.48. The van der Waals surface area contributed by atoms with E-state index in [1.165, 1.54) is 16.4 Å². The van der Waals surface area contributed by atoms with Crippen LogP contribution in [0.1, 0.15) is 72.2 Å². The van der Waals surface area contributed by atoms with E-state index in [-0.39, 0.29) is 26.2 Å². The second-order valence-corrected chi connectivity index (χ2v) is 16.6. The van der Waals surface area contributed by atoms with Crippen molar-refractivity contribution >= 4 is 39.2 Å². The molecule has 0 saturated heterocycles. The largest absolute Gasteiger partial charge is 0.289 e. The fourth-order valence-corrected chi connectivity index (χ4v) is 9.51. The van der Waals surface area contributed by atoms with Gasteiger partial charge >= 0.3 is 0 Å². The van der Waals surface area contributed by atoms with E-state index in [9.17, 15) is 4.79 Å². The monoisotopic (exact) mass is 564 g/mol. The molecule has 0 spiro atoms. The topological polar surface area (TPSA) is 17.1 Å². The Morgan fingerprint density at radius 3 is 1.22 bits per heavy atom. The second-order valence-electron chi connectivity index (χ2n) is 13.1. The van der Waals surface area contributed by atoms with Gasteiger partial charge in [0, 0.05) is 16.5 Å². The van der Waals surface area contributed by atoms with Gasteiger partial charge in [0.2, 0.25) is 5.78 Å². The molecule has 0 aromatic heterocycles. The molecule has 0 N–H and O–H groups in total. The van der Waals surface area contributed by atoms with Crippen molar-refractivity contribution in [2.24, 2.45) is 0 Å². The third-order valence-corrected chi connectivity index (χ3v) is 11.8. The van der Waals surface area contributed by atoms with Gasteiger partial charge in [-0.15, -0.1) is 0 Å². The average molecular weight is 565 g/mol. The Labute approximate surface area is 253 Å². The Balaban J connectivity index is 0.000000233. The maximum atomic E-state index is 12.4. The smallest absolute Gasteiger partial charge is 0.211 e. The molecule has 4 aromatic rings. The van der Waals surface area contributed by atoms with Crippen LogP contribution in [-0.4, -0.2) is 27.2 Å². The van der Waals surface area contributed by atoms with Crippen LogP contribution in [-0.2, 0) is 10.9 Å². The molecule has 0 fully saturated rings. The molecule has 0 bridgehead atoms. The van der Waals surface area contributed by atoms with Gasteiger partial charge in [-0.3, -0.25) is 4.79 Å². The summed E-state index contributed by atoms with van der Waals surface area (Å²) in [6, 6.07) is 42.7. The van der Waals surface area contributed by atoms with Crippen molar-refractivity contribution < 1.29 is 4.79 Å². The molecule has 0 aliphatic carbocycles. The summed E-state index contributed by atoms with van der Waals surface area (Å²) in [6.45, 7) is 18.1. The Bertz CT molecular complexity index is 1210. The van der Waals surface area contributed by atoms with E-state index in [1.54, 1.807) is 0 Å². The molecule has 0 heterocycles. The number of benzene rings is 4. The van der Waals surface area contributed by atoms with Gasteiger partial charge in [0.1, 0.15) is 9.49 Å². The highest BCUT2D eigenvalue weighted by Crippen LogP contribution is 2.32. The highest BCUT2D eigenvalue weighted by atomic mass is 32.2. The normalized spacial score (nSPS) is 12.8. The average Bonchev–Trinajstić information content (AvgIpc) is 2.97. The zero-order valence-corrected chi connectivity index (χ0v) is 27.2. The standard InChI is InChI=1S/C22H24B.C16H25OS/c1-3-19(2)23(20-13-7-4-8-14-20,21-15-9-5-10-16-21)22-17-11-6-12-18-22;1-15(2,3)18(16(4,5)6)12-14(17)13-10-8-7-9-11-13/h4-19H,3H2,1-2H3;7-11H,12H2,1-6H3/q-1;+1. The number of carbonyl (C=O) groups excluding carboxylic acids is 1. The van der Waals surface area contributed by atoms with Gasteiger partial charge in [-0.2, -0.15) is 22.2 Å². The van der Waals surface area contributed by atoms with Crippen LogP contribution in [0.25, 0.3) is 0 Å². The van der Waals surface area contributed by atoms with Gasteiger partial charge in [-0.25, -0.2) is 0 Å². The Kier molecular flexibility index (Phi) is 11.3. The molecule has 0 aliphatic rings. The highest BCUT2D eigenvalue weighted by Gasteiger charge is 2.45. The SMILES string of the molecule is CC(C)(C)[S+](CC(=O)c1ccccc1)C(C)(C)C.CCC(C)[B-](c1ccccc1)(c1ccccc1)c1ccccc1. The van der Waals surface area contributed by atoms with Gasteiger partial charge in [0.25, 0.3) is 0 Å². The summed E-state index contributed by atoms with van der Waals surface area (Å²) < 4.78 is 0.339. The van der Waals surface area contributed by atoms with Crippen LogP contribution >= 0.6 is 0 Å². The molecule has 0 aliphatic heterocycles. The molecule has 1 nitrogen and oxygen atoms in total. The molecule has 1 atom stereocenters. The van der Waals surface area contributed by atoms with Crippen LogP contribution < -0.4 is 16.4 Å². The summed E-state index contributed by atoms with van der Waals surface area (Å²) in [4.78, 5) is 12.4. The van der Waals surface area contributed by atoms with E-state index in [1.807, 2.05) is 30.3 Å². The maximum absolute atomic E-state index is 12.4. The molecule has 41 heavy (non-hydrogen) atoms. The number of Topliss-reactive ketones (excluding diaryl/α,β-unsaturated/α-hetero) is 1. The minimum atomic E-state index is -0.974. The van der Waals surface area contributed by atoms with Crippen molar-refractivity contribution in [1.82, 2.24) is 0 Å². The van der Waals surface area contributed by atoms with E-state index in [2.05, 4.69) is 146 Å². The fourth-order valence-electron chi connectivity index (χ4n) is 6.38. The van der Waals surface area contributed by atoms with Crippen molar-refractivity contribution in [1.29, 1.82) is 0 Å². The van der Waals surface area contributed by atoms with Gasteiger partial charge in [-0.05, 0) is 41.5 Å². The number of rotatable bonds is 8. The summed E-state index contributed by atoms with van der Waals surface area (Å²) in [6.07, 6.45) is 0.177. The van der Waals surface area contributed by atoms with Crippen LogP contribution in [0, 0.1) is 0 Å². The quantitative estimate of drug-likeness (QED) is 0.120. The Hall–Kier alpha value is -3.04. The lowest BCUT2D eigenvalue weighted by Crippen LogP contribution is -2.69. The van der Waals surface area contributed by atoms with Gasteiger partial charge in [0.05, 0.1) is 6.15 Å². The lowest BCUT2D eigenvalue weighted by atomic mass is 9.10. The lowest BCUT2D eigenvalue weighted by molar-refractivity contribution is 0.102. The molecule has 0 radical (unpaired) electrons. The molecular weight excluding hydrogens is 515 g/mol. The summed E-state index contributed by atoms with van der Waals surface area (Å²) in [5.41, 5.74) is 5.13. The first-order valence-electron chi connectivity index (χ1n) is 15.0. The minimum absolute atomic E-state index is 0.0608. The van der Waals surface area contributed by atoms with E-state index in [0.717, 1.165) is 12.0 Å². The predicted octanol–water partition coefficient (Wildman–Crippen LogP) is 8.04. The minimum Gasteiger partial charge on any atom is -0.289 e. The zero-order chi connectivity index (χ0) is 30.1. The maximum Gasteiger partial charge on any atom is 0.211 e. The number of ketones is 1. The van der Waals surface area contributed by atoms with Gasteiger partial charge < -0.3 is 0 Å². The number of hydrogen-bond donors (Lipinski definition) is 0. The predicted molar refractivity (Wildman–Crippen MR) is 186 cm³/mol. The zero-order valence-electron chi connectivity index (χ0n) is 26.4. The van der Waals surface area contributed by atoms with Gasteiger partial charge in [-0.1, -0.05) is 142 Å². The molecule has 216 valence electrons.